The lowest BCUT2D eigenvalue weighted by atomic mass is 9.90. The molecule has 1 amide bonds. The molecule has 28 heavy (non-hydrogen) atoms. The minimum absolute atomic E-state index is 0.0799. The molecule has 2 atom stereocenters. The normalized spacial score (nSPS) is 16.7. The first kappa shape index (κ1) is 22.9. The highest BCUT2D eigenvalue weighted by Gasteiger charge is 2.33. The van der Waals surface area contributed by atoms with Crippen molar-refractivity contribution in [3.63, 3.8) is 0 Å². The Morgan fingerprint density at radius 1 is 1.25 bits per heavy atom. The molecule has 2 N–H and O–H groups in total. The largest absolute Gasteiger partial charge is 0.383 e. The third kappa shape index (κ3) is 6.58. The molecule has 1 fully saturated rings. The number of nitrogens with zero attached hydrogens (tertiary/aromatic N) is 2. The van der Waals surface area contributed by atoms with E-state index in [1.165, 1.54) is 21.4 Å². The maximum atomic E-state index is 13.6. The van der Waals surface area contributed by atoms with Crippen molar-refractivity contribution in [2.75, 3.05) is 0 Å². The van der Waals surface area contributed by atoms with Crippen LogP contribution in [0.25, 0.3) is 0 Å². The summed E-state index contributed by atoms with van der Waals surface area (Å²) in [4.78, 5) is 21.1. The Kier molecular flexibility index (Phi) is 7.66. The van der Waals surface area contributed by atoms with Crippen molar-refractivity contribution >= 4 is 21.0 Å². The molecule has 0 aliphatic heterocycles. The maximum Gasteiger partial charge on any atom is 0.300 e. The molecule has 0 radical (unpaired) electrons. The van der Waals surface area contributed by atoms with E-state index in [-0.39, 0.29) is 29.3 Å². The number of rotatable bonds is 9. The van der Waals surface area contributed by atoms with Gasteiger partial charge in [-0.05, 0) is 49.7 Å². The number of hydrogen-bond donors (Lipinski definition) is 1. The second kappa shape index (κ2) is 9.39. The number of carbonyl (C=O) groups is 1. The van der Waals surface area contributed by atoms with Crippen molar-refractivity contribution in [1.29, 1.82) is 0 Å². The first-order valence-corrected chi connectivity index (χ1v) is 10.6. The van der Waals surface area contributed by atoms with E-state index < -0.39 is 5.66 Å². The van der Waals surface area contributed by atoms with Crippen LogP contribution in [0.1, 0.15) is 82.7 Å². The van der Waals surface area contributed by atoms with Gasteiger partial charge in [-0.15, -0.1) is 0 Å². The van der Waals surface area contributed by atoms with Crippen LogP contribution in [0.3, 0.4) is 0 Å². The zero-order valence-electron chi connectivity index (χ0n) is 17.2. The fraction of sp³-hybridized carbons (Fsp3) is 0.667. The number of amides is 1. The number of alkyl halides is 2. The molecule has 2 rings (SSSR count). The Balaban J connectivity index is 2.28. The summed E-state index contributed by atoms with van der Waals surface area (Å²) in [6.07, 6.45) is 4.26. The zero-order valence-corrected chi connectivity index (χ0v) is 18.4. The zero-order chi connectivity index (χ0) is 21.1. The van der Waals surface area contributed by atoms with Gasteiger partial charge in [-0.25, -0.2) is 0 Å². The van der Waals surface area contributed by atoms with E-state index in [2.05, 4.69) is 37.7 Å². The summed E-state index contributed by atoms with van der Waals surface area (Å²) in [7, 11) is 1.51. The predicted octanol–water partition coefficient (Wildman–Crippen LogP) is 5.21. The number of carbonyl (C=O) groups excluding carboxylic acids is 1. The number of amidine groups is 1. The molecule has 0 bridgehead atoms. The number of hydrogen-bond acceptors (Lipinski definition) is 2. The van der Waals surface area contributed by atoms with Gasteiger partial charge in [-0.3, -0.25) is 9.78 Å². The lowest BCUT2D eigenvalue weighted by Crippen LogP contribution is -2.23. The predicted molar refractivity (Wildman–Crippen MR) is 113 cm³/mol. The average Bonchev–Trinajstić information content (AvgIpc) is 3.41. The Bertz CT molecular complexity index is 725. The summed E-state index contributed by atoms with van der Waals surface area (Å²) >= 11 is 0. The molecule has 0 aromatic carbocycles. The standard InChI is InChI=1S/C21H32F2N3OP/c1-12(2)5-6-15(11-13(3)4)20(27)26-19(24)16-9-10-17(21(22,23)28)25-18(16)14-7-8-14/h9-10,12-15H,5-8,11,28H2,1-4H3,(H2,24,26,27). The third-order valence-corrected chi connectivity index (χ3v) is 5.23. The molecular weight excluding hydrogens is 379 g/mol. The molecule has 156 valence electrons. The molecule has 4 nitrogen and oxygen atoms in total. The first-order valence-electron chi connectivity index (χ1n) is 10.1. The van der Waals surface area contributed by atoms with Gasteiger partial charge in [0.1, 0.15) is 11.5 Å². The molecule has 0 spiro atoms. The van der Waals surface area contributed by atoms with Crippen LogP contribution in [0.2, 0.25) is 0 Å². The summed E-state index contributed by atoms with van der Waals surface area (Å²) in [6, 6.07) is 2.77. The van der Waals surface area contributed by atoms with Gasteiger partial charge in [0.25, 0.3) is 11.6 Å². The minimum atomic E-state index is -3.09. The molecule has 1 aliphatic rings. The molecule has 1 heterocycles. The van der Waals surface area contributed by atoms with Gasteiger partial charge >= 0.3 is 0 Å². The van der Waals surface area contributed by atoms with Crippen molar-refractivity contribution in [3.05, 3.63) is 29.1 Å². The lowest BCUT2D eigenvalue weighted by Gasteiger charge is -2.18. The highest BCUT2D eigenvalue weighted by molar-refractivity contribution is 7.17. The number of halogens is 2. The van der Waals surface area contributed by atoms with Crippen molar-refractivity contribution in [1.82, 2.24) is 4.98 Å². The van der Waals surface area contributed by atoms with Crippen LogP contribution in [-0.4, -0.2) is 16.7 Å². The number of nitrogens with two attached hydrogens (primary N) is 1. The van der Waals surface area contributed by atoms with Crippen LogP contribution in [0, 0.1) is 17.8 Å². The van der Waals surface area contributed by atoms with Gasteiger partial charge < -0.3 is 5.73 Å². The molecule has 2 unspecified atom stereocenters. The SMILES string of the molecule is CC(C)CCC(CC(C)C)C(=O)N=C(N)c1ccc(C(F)(F)P)nc1C1CC1. The summed E-state index contributed by atoms with van der Waals surface area (Å²) in [5, 5.41) is 0. The smallest absolute Gasteiger partial charge is 0.300 e. The third-order valence-electron chi connectivity index (χ3n) is 4.93. The van der Waals surface area contributed by atoms with Crippen LogP contribution in [-0.2, 0) is 10.5 Å². The maximum absolute atomic E-state index is 13.6. The van der Waals surface area contributed by atoms with Gasteiger partial charge in [-0.1, -0.05) is 43.4 Å². The van der Waals surface area contributed by atoms with Gasteiger partial charge in [0.05, 0.1) is 5.69 Å². The molecule has 1 aromatic rings. The van der Waals surface area contributed by atoms with Crippen molar-refractivity contribution in [2.24, 2.45) is 28.5 Å². The minimum Gasteiger partial charge on any atom is -0.383 e. The van der Waals surface area contributed by atoms with E-state index >= 15 is 0 Å². The van der Waals surface area contributed by atoms with Crippen molar-refractivity contribution in [2.45, 2.75) is 71.4 Å². The number of pyridine rings is 1. The molecule has 7 heteroatoms. The Labute approximate surface area is 169 Å². The van der Waals surface area contributed by atoms with E-state index in [1.807, 2.05) is 0 Å². The van der Waals surface area contributed by atoms with Crippen LogP contribution < -0.4 is 5.73 Å². The Morgan fingerprint density at radius 3 is 2.39 bits per heavy atom. The summed E-state index contributed by atoms with van der Waals surface area (Å²) in [6.45, 7) is 8.43. The topological polar surface area (TPSA) is 68.3 Å². The van der Waals surface area contributed by atoms with E-state index in [4.69, 9.17) is 5.73 Å². The van der Waals surface area contributed by atoms with Crippen LogP contribution in [0.5, 0.6) is 0 Å². The van der Waals surface area contributed by atoms with Crippen LogP contribution >= 0.6 is 9.24 Å². The van der Waals surface area contributed by atoms with Gasteiger partial charge in [-0.2, -0.15) is 13.8 Å². The molecule has 1 aliphatic carbocycles. The average molecular weight is 411 g/mol. The quantitative estimate of drug-likeness (QED) is 0.344. The van der Waals surface area contributed by atoms with Crippen molar-refractivity contribution < 1.29 is 13.6 Å². The first-order chi connectivity index (χ1) is 13.0. The second-order valence-corrected chi connectivity index (χ2v) is 9.38. The Hall–Kier alpha value is -1.42. The van der Waals surface area contributed by atoms with E-state index in [0.29, 0.717) is 23.1 Å². The van der Waals surface area contributed by atoms with Crippen LogP contribution in [0.15, 0.2) is 17.1 Å². The summed E-state index contributed by atoms with van der Waals surface area (Å²) in [5.74, 6) is 0.679. The summed E-state index contributed by atoms with van der Waals surface area (Å²) in [5.41, 5.74) is 3.77. The fourth-order valence-electron chi connectivity index (χ4n) is 3.26. The van der Waals surface area contributed by atoms with Gasteiger partial charge in [0.15, 0.2) is 0 Å². The Morgan fingerprint density at radius 2 is 1.89 bits per heavy atom. The molecule has 1 aromatic heterocycles. The fourth-order valence-corrected chi connectivity index (χ4v) is 3.42. The van der Waals surface area contributed by atoms with E-state index in [9.17, 15) is 13.6 Å². The van der Waals surface area contributed by atoms with E-state index in [1.54, 1.807) is 0 Å². The molecule has 1 saturated carbocycles. The van der Waals surface area contributed by atoms with Crippen molar-refractivity contribution in [3.8, 4) is 0 Å². The number of aliphatic imine (C=N–C) groups is 1. The van der Waals surface area contributed by atoms with Gasteiger partial charge in [0, 0.05) is 17.4 Å². The molecular formula is C21H32F2N3OP. The molecule has 0 saturated heterocycles. The summed E-state index contributed by atoms with van der Waals surface area (Å²) < 4.78 is 27.2. The second-order valence-electron chi connectivity index (χ2n) is 8.66. The lowest BCUT2D eigenvalue weighted by molar-refractivity contribution is -0.122. The number of aromatic nitrogens is 1. The highest BCUT2D eigenvalue weighted by atomic mass is 31.0. The van der Waals surface area contributed by atoms with E-state index in [0.717, 1.165) is 32.1 Å². The monoisotopic (exact) mass is 411 g/mol. The highest BCUT2D eigenvalue weighted by Crippen LogP contribution is 2.42. The van der Waals surface area contributed by atoms with Gasteiger partial charge in [0.2, 0.25) is 0 Å². The van der Waals surface area contributed by atoms with Crippen LogP contribution in [0.4, 0.5) is 8.78 Å².